The van der Waals surface area contributed by atoms with Crippen LogP contribution in [0.2, 0.25) is 0 Å². The Morgan fingerprint density at radius 1 is 1.10 bits per heavy atom. The fourth-order valence-electron chi connectivity index (χ4n) is 5.32. The molecule has 0 saturated carbocycles. The summed E-state index contributed by atoms with van der Waals surface area (Å²) in [6.45, 7) is 10.7. The van der Waals surface area contributed by atoms with Crippen LogP contribution in [0.5, 0.6) is 0 Å². The fourth-order valence-corrected chi connectivity index (χ4v) is 5.32. The lowest BCUT2D eigenvalue weighted by atomic mass is 9.69. The van der Waals surface area contributed by atoms with Crippen molar-refractivity contribution in [2.75, 3.05) is 5.32 Å². The van der Waals surface area contributed by atoms with Gasteiger partial charge in [0.25, 0.3) is 0 Å². The number of rotatable bonds is 2. The van der Waals surface area contributed by atoms with Crippen molar-refractivity contribution in [3.8, 4) is 5.69 Å². The lowest BCUT2D eigenvalue weighted by Gasteiger charge is -2.38. The molecule has 0 saturated heterocycles. The van der Waals surface area contributed by atoms with E-state index in [1.54, 1.807) is 0 Å². The predicted octanol–water partition coefficient (Wildman–Crippen LogP) is 5.33. The third-order valence-corrected chi connectivity index (χ3v) is 6.56. The van der Waals surface area contributed by atoms with Crippen LogP contribution >= 0.6 is 0 Å². The number of allylic oxidation sites excluding steroid dienone is 2. The molecule has 0 spiro atoms. The van der Waals surface area contributed by atoms with E-state index in [1.807, 2.05) is 13.0 Å². The van der Waals surface area contributed by atoms with Gasteiger partial charge in [-0.25, -0.2) is 0 Å². The van der Waals surface area contributed by atoms with Crippen molar-refractivity contribution in [1.82, 2.24) is 14.8 Å². The molecule has 1 aliphatic carbocycles. The van der Waals surface area contributed by atoms with E-state index in [-0.39, 0.29) is 17.1 Å². The van der Waals surface area contributed by atoms with E-state index in [0.717, 1.165) is 40.5 Å². The number of nitrogens with zero attached hydrogens (tertiary/aromatic N) is 2. The number of hydrogen-bond acceptors (Lipinski definition) is 3. The third-order valence-electron chi connectivity index (χ3n) is 6.56. The number of fused-ring (bicyclic) bond motifs is 1. The summed E-state index contributed by atoms with van der Waals surface area (Å²) in [6.07, 6.45) is 1.43. The van der Waals surface area contributed by atoms with Crippen molar-refractivity contribution in [3.05, 3.63) is 75.9 Å². The highest BCUT2D eigenvalue weighted by Gasteiger charge is 2.43. The normalized spacial score (nSPS) is 20.0. The first kappa shape index (κ1) is 18.9. The lowest BCUT2D eigenvalue weighted by molar-refractivity contribution is -0.118. The van der Waals surface area contributed by atoms with Crippen molar-refractivity contribution >= 4 is 11.6 Å². The van der Waals surface area contributed by atoms with Gasteiger partial charge in [-0.05, 0) is 56.4 Å². The Bertz CT molecular complexity index is 1190. The smallest absolute Gasteiger partial charge is 0.162 e. The van der Waals surface area contributed by atoms with Crippen molar-refractivity contribution in [2.45, 2.75) is 53.4 Å². The number of carbonyl (C=O) groups is 1. The van der Waals surface area contributed by atoms with E-state index < -0.39 is 0 Å². The number of nitrogens with one attached hydrogen (secondary N) is 2. The Morgan fingerprint density at radius 3 is 2.57 bits per heavy atom. The molecule has 0 radical (unpaired) electrons. The molecule has 0 amide bonds. The van der Waals surface area contributed by atoms with E-state index in [9.17, 15) is 4.79 Å². The van der Waals surface area contributed by atoms with Gasteiger partial charge in [0.2, 0.25) is 0 Å². The minimum absolute atomic E-state index is 0.0444. The summed E-state index contributed by atoms with van der Waals surface area (Å²) < 4.78 is 2.28. The molecule has 3 aromatic rings. The number of anilines is 1. The quantitative estimate of drug-likeness (QED) is 0.611. The molecule has 154 valence electrons. The van der Waals surface area contributed by atoms with Crippen molar-refractivity contribution < 1.29 is 4.79 Å². The van der Waals surface area contributed by atoms with Gasteiger partial charge in [-0.15, -0.1) is 0 Å². The molecule has 2 aromatic heterocycles. The highest BCUT2D eigenvalue weighted by atomic mass is 16.1. The van der Waals surface area contributed by atoms with Crippen LogP contribution in [0.3, 0.4) is 0 Å². The summed E-state index contributed by atoms with van der Waals surface area (Å²) >= 11 is 0. The fraction of sp³-hybridized carbons (Fsp3) is 0.360. The number of Topliss-reactive ketones (excluding diaryl/α,β-unsaturated/α-hetero) is 1. The van der Waals surface area contributed by atoms with Gasteiger partial charge in [0.15, 0.2) is 11.6 Å². The highest BCUT2D eigenvalue weighted by molar-refractivity contribution is 6.01. The molecule has 2 aliphatic rings. The number of ketones is 1. The Balaban J connectivity index is 1.74. The number of aromatic amines is 1. The summed E-state index contributed by atoms with van der Waals surface area (Å²) in [6, 6.07) is 12.6. The zero-order chi connectivity index (χ0) is 21.2. The highest BCUT2D eigenvalue weighted by Crippen LogP contribution is 2.50. The van der Waals surface area contributed by atoms with Crippen LogP contribution in [0, 0.1) is 26.2 Å². The maximum absolute atomic E-state index is 13.4. The van der Waals surface area contributed by atoms with Crippen molar-refractivity contribution in [3.63, 3.8) is 0 Å². The minimum Gasteiger partial charge on any atom is -0.342 e. The predicted molar refractivity (Wildman–Crippen MR) is 119 cm³/mol. The third kappa shape index (κ3) is 2.76. The number of para-hydroxylation sites is 1. The molecule has 5 rings (SSSR count). The standard InChI is InChI=1S/C25H28N4O/c1-14-11-18(16(3)29(14)17-9-7-6-8-10-17)22-21-15(2)27-28-24(21)26-19-12-25(4,5)13-20(30)23(19)22/h6-11,22H,12-13H2,1-5H3,(H2,26,27,28). The lowest BCUT2D eigenvalue weighted by Crippen LogP contribution is -2.34. The monoisotopic (exact) mass is 400 g/mol. The van der Waals surface area contributed by atoms with E-state index in [1.165, 1.54) is 17.0 Å². The number of aryl methyl sites for hydroxylation is 2. The maximum atomic E-state index is 13.4. The Hall–Kier alpha value is -3.08. The zero-order valence-electron chi connectivity index (χ0n) is 18.3. The number of carbonyl (C=O) groups excluding carboxylic acids is 1. The summed E-state index contributed by atoms with van der Waals surface area (Å²) in [7, 11) is 0. The molecule has 0 fully saturated rings. The zero-order valence-corrected chi connectivity index (χ0v) is 18.3. The molecule has 2 N–H and O–H groups in total. The second-order valence-electron chi connectivity index (χ2n) is 9.50. The Morgan fingerprint density at radius 2 is 1.83 bits per heavy atom. The van der Waals surface area contributed by atoms with E-state index in [0.29, 0.717) is 6.42 Å². The van der Waals surface area contributed by atoms with Gasteiger partial charge in [-0.2, -0.15) is 5.10 Å². The van der Waals surface area contributed by atoms with Gasteiger partial charge >= 0.3 is 0 Å². The van der Waals surface area contributed by atoms with Crippen LogP contribution in [0.15, 0.2) is 47.7 Å². The molecule has 0 bridgehead atoms. The van der Waals surface area contributed by atoms with Crippen LogP contribution in [0.1, 0.15) is 60.8 Å². The van der Waals surface area contributed by atoms with Crippen LogP contribution in [0.4, 0.5) is 5.82 Å². The Labute approximate surface area is 177 Å². The minimum atomic E-state index is -0.0951. The van der Waals surface area contributed by atoms with Crippen LogP contribution in [0.25, 0.3) is 5.69 Å². The number of aromatic nitrogens is 3. The van der Waals surface area contributed by atoms with Crippen molar-refractivity contribution in [1.29, 1.82) is 0 Å². The van der Waals surface area contributed by atoms with Gasteiger partial charge in [0.05, 0.1) is 0 Å². The topological polar surface area (TPSA) is 62.7 Å². The Kier molecular flexibility index (Phi) is 4.07. The summed E-state index contributed by atoms with van der Waals surface area (Å²) in [4.78, 5) is 13.4. The second kappa shape index (κ2) is 6.46. The van der Waals surface area contributed by atoms with Gasteiger partial charge in [-0.1, -0.05) is 32.0 Å². The molecular weight excluding hydrogens is 372 g/mol. The first-order valence-corrected chi connectivity index (χ1v) is 10.6. The average Bonchev–Trinajstić information content (AvgIpc) is 3.19. The maximum Gasteiger partial charge on any atom is 0.162 e. The van der Waals surface area contributed by atoms with Crippen molar-refractivity contribution in [2.24, 2.45) is 5.41 Å². The molecule has 5 heteroatoms. The van der Waals surface area contributed by atoms with E-state index in [4.69, 9.17) is 0 Å². The molecule has 1 aliphatic heterocycles. The summed E-state index contributed by atoms with van der Waals surface area (Å²) in [5.41, 5.74) is 8.67. The molecule has 1 aromatic carbocycles. The first-order valence-electron chi connectivity index (χ1n) is 10.6. The van der Waals surface area contributed by atoms with Gasteiger partial charge in [0.1, 0.15) is 0 Å². The van der Waals surface area contributed by atoms with Gasteiger partial charge < -0.3 is 9.88 Å². The number of hydrogen-bond donors (Lipinski definition) is 2. The summed E-state index contributed by atoms with van der Waals surface area (Å²) in [5, 5.41) is 11.2. The molecule has 5 nitrogen and oxygen atoms in total. The van der Waals surface area contributed by atoms with Crippen LogP contribution < -0.4 is 5.32 Å². The SMILES string of the molecule is Cc1[nH]nc2c1C(c1cc(C)n(-c3ccccc3)c1C)C1=C(CC(C)(C)CC1=O)N2. The number of benzene rings is 1. The molecule has 1 atom stereocenters. The van der Waals surface area contributed by atoms with E-state index >= 15 is 0 Å². The van der Waals surface area contributed by atoms with Crippen LogP contribution in [-0.2, 0) is 4.79 Å². The first-order chi connectivity index (χ1) is 14.3. The molecular formula is C25H28N4O. The molecule has 3 heterocycles. The van der Waals surface area contributed by atoms with Crippen LogP contribution in [-0.4, -0.2) is 20.5 Å². The average molecular weight is 401 g/mol. The molecule has 30 heavy (non-hydrogen) atoms. The largest absolute Gasteiger partial charge is 0.342 e. The summed E-state index contributed by atoms with van der Waals surface area (Å²) in [5.74, 6) is 1.00. The van der Waals surface area contributed by atoms with Gasteiger partial charge in [-0.3, -0.25) is 9.89 Å². The number of H-pyrrole nitrogens is 1. The second-order valence-corrected chi connectivity index (χ2v) is 9.50. The van der Waals surface area contributed by atoms with Gasteiger partial charge in [0, 0.05) is 51.9 Å². The molecule has 1 unspecified atom stereocenters. The van der Waals surface area contributed by atoms with E-state index in [2.05, 4.69) is 78.1 Å².